The van der Waals surface area contributed by atoms with Gasteiger partial charge in [-0.2, -0.15) is 0 Å². The summed E-state index contributed by atoms with van der Waals surface area (Å²) in [7, 11) is 0. The molecular formula is C21H28N4O4S. The number of nitrogens with one attached hydrogen (secondary N) is 2. The number of carbonyl (C=O) groups is 3. The molecule has 0 aliphatic rings. The molecule has 1 unspecified atom stereocenters. The standard InChI is InChI=1S/C21H28N4O4S/c1-11(2)8-16(20(27)28)24-7-6-13-9-14(5-4-12(13)3)17-10-15(18(22)26)19(30-17)25-21(23)29/h4-5,9-11,16,24H,6-8H2,1-3H3,(H2,22,26)(H,27,28)(H3,23,25,29). The molecule has 1 aromatic heterocycles. The van der Waals surface area contributed by atoms with E-state index in [4.69, 9.17) is 11.5 Å². The third kappa shape index (κ3) is 6.30. The third-order valence-electron chi connectivity index (χ3n) is 4.66. The Hall–Kier alpha value is -2.91. The van der Waals surface area contributed by atoms with Gasteiger partial charge in [0.15, 0.2) is 0 Å². The molecule has 0 aliphatic heterocycles. The first-order valence-electron chi connectivity index (χ1n) is 9.64. The summed E-state index contributed by atoms with van der Waals surface area (Å²) in [6.07, 6.45) is 1.22. The van der Waals surface area contributed by atoms with Crippen molar-refractivity contribution in [3.63, 3.8) is 0 Å². The van der Waals surface area contributed by atoms with Gasteiger partial charge in [0.05, 0.1) is 5.56 Å². The van der Waals surface area contributed by atoms with Crippen molar-refractivity contribution in [1.29, 1.82) is 0 Å². The van der Waals surface area contributed by atoms with Gasteiger partial charge in [-0.05, 0) is 55.0 Å². The minimum absolute atomic E-state index is 0.204. The smallest absolute Gasteiger partial charge is 0.320 e. The van der Waals surface area contributed by atoms with Crippen molar-refractivity contribution >= 4 is 34.2 Å². The largest absolute Gasteiger partial charge is 0.480 e. The SMILES string of the molecule is Cc1ccc(-c2cc(C(N)=O)c(NC(N)=O)s2)cc1CCNC(CC(C)C)C(=O)O. The van der Waals surface area contributed by atoms with E-state index in [0.29, 0.717) is 24.4 Å². The zero-order chi connectivity index (χ0) is 22.4. The van der Waals surface area contributed by atoms with E-state index in [1.165, 1.54) is 11.3 Å². The molecule has 1 aromatic carbocycles. The maximum absolute atomic E-state index is 11.7. The fourth-order valence-electron chi connectivity index (χ4n) is 3.14. The lowest BCUT2D eigenvalue weighted by Gasteiger charge is -2.17. The molecule has 1 heterocycles. The summed E-state index contributed by atoms with van der Waals surface area (Å²) in [5, 5.41) is 15.2. The Labute approximate surface area is 179 Å². The number of carboxylic acids is 1. The maximum Gasteiger partial charge on any atom is 0.320 e. The van der Waals surface area contributed by atoms with Crippen LogP contribution in [0.5, 0.6) is 0 Å². The Morgan fingerprint density at radius 2 is 1.87 bits per heavy atom. The predicted molar refractivity (Wildman–Crippen MR) is 119 cm³/mol. The number of aryl methyl sites for hydroxylation is 1. The number of hydrogen-bond acceptors (Lipinski definition) is 5. The number of carboxylic acid groups (broad SMARTS) is 1. The van der Waals surface area contributed by atoms with E-state index in [9.17, 15) is 19.5 Å². The molecule has 9 heteroatoms. The lowest BCUT2D eigenvalue weighted by atomic mass is 10.0. The van der Waals surface area contributed by atoms with E-state index >= 15 is 0 Å². The van der Waals surface area contributed by atoms with E-state index in [-0.39, 0.29) is 11.5 Å². The number of benzene rings is 1. The van der Waals surface area contributed by atoms with Gasteiger partial charge in [0.25, 0.3) is 5.91 Å². The molecule has 0 aliphatic carbocycles. The first-order valence-corrected chi connectivity index (χ1v) is 10.5. The second-order valence-corrected chi connectivity index (χ2v) is 8.62. The summed E-state index contributed by atoms with van der Waals surface area (Å²) in [5.41, 5.74) is 13.8. The molecule has 30 heavy (non-hydrogen) atoms. The molecule has 1 atom stereocenters. The predicted octanol–water partition coefficient (Wildman–Crippen LogP) is 2.94. The zero-order valence-corrected chi connectivity index (χ0v) is 18.1. The average Bonchev–Trinajstić information content (AvgIpc) is 3.05. The molecule has 0 saturated carbocycles. The number of primary amides is 2. The summed E-state index contributed by atoms with van der Waals surface area (Å²) in [5.74, 6) is -1.21. The Bertz CT molecular complexity index is 939. The van der Waals surface area contributed by atoms with Crippen LogP contribution in [0.2, 0.25) is 0 Å². The fourth-order valence-corrected chi connectivity index (χ4v) is 4.20. The van der Waals surface area contributed by atoms with Crippen LogP contribution in [0.3, 0.4) is 0 Å². The van der Waals surface area contributed by atoms with E-state index in [0.717, 1.165) is 21.6 Å². The highest BCUT2D eigenvalue weighted by atomic mass is 32.1. The summed E-state index contributed by atoms with van der Waals surface area (Å²) >= 11 is 1.22. The van der Waals surface area contributed by atoms with Crippen molar-refractivity contribution in [2.24, 2.45) is 17.4 Å². The minimum atomic E-state index is -0.846. The molecule has 2 rings (SSSR count). The van der Waals surface area contributed by atoms with Gasteiger partial charge in [0.1, 0.15) is 11.0 Å². The van der Waals surface area contributed by atoms with Crippen molar-refractivity contribution in [2.75, 3.05) is 11.9 Å². The fraction of sp³-hybridized carbons (Fsp3) is 0.381. The van der Waals surface area contributed by atoms with Crippen LogP contribution < -0.4 is 22.1 Å². The molecule has 0 saturated heterocycles. The Kier molecular flexibility index (Phi) is 7.96. The number of aliphatic carboxylic acids is 1. The van der Waals surface area contributed by atoms with Gasteiger partial charge in [-0.25, -0.2) is 4.79 Å². The minimum Gasteiger partial charge on any atom is -0.480 e. The lowest BCUT2D eigenvalue weighted by Crippen LogP contribution is -2.38. The van der Waals surface area contributed by atoms with Crippen molar-refractivity contribution < 1.29 is 19.5 Å². The van der Waals surface area contributed by atoms with Crippen molar-refractivity contribution in [3.8, 4) is 10.4 Å². The second-order valence-electron chi connectivity index (χ2n) is 7.57. The van der Waals surface area contributed by atoms with E-state index < -0.39 is 23.9 Å². The van der Waals surface area contributed by atoms with Gasteiger partial charge in [0, 0.05) is 4.88 Å². The van der Waals surface area contributed by atoms with E-state index in [1.807, 2.05) is 39.0 Å². The van der Waals surface area contributed by atoms with Crippen LogP contribution in [0.15, 0.2) is 24.3 Å². The van der Waals surface area contributed by atoms with Crippen LogP contribution in [0.1, 0.15) is 41.8 Å². The Morgan fingerprint density at radius 1 is 1.17 bits per heavy atom. The van der Waals surface area contributed by atoms with Gasteiger partial charge >= 0.3 is 12.0 Å². The van der Waals surface area contributed by atoms with Crippen molar-refractivity contribution in [1.82, 2.24) is 5.32 Å². The van der Waals surface area contributed by atoms with Crippen LogP contribution in [0.4, 0.5) is 9.80 Å². The highest BCUT2D eigenvalue weighted by Gasteiger charge is 2.19. The normalized spacial score (nSPS) is 12.0. The summed E-state index contributed by atoms with van der Waals surface area (Å²) in [6.45, 7) is 6.51. The van der Waals surface area contributed by atoms with Crippen LogP contribution in [0, 0.1) is 12.8 Å². The molecule has 7 N–H and O–H groups in total. The quantitative estimate of drug-likeness (QED) is 0.391. The molecule has 0 spiro atoms. The molecule has 8 nitrogen and oxygen atoms in total. The third-order valence-corrected chi connectivity index (χ3v) is 5.76. The van der Waals surface area contributed by atoms with Gasteiger partial charge < -0.3 is 21.9 Å². The first kappa shape index (κ1) is 23.4. The molecule has 3 amide bonds. The van der Waals surface area contributed by atoms with Crippen LogP contribution in [-0.2, 0) is 11.2 Å². The highest BCUT2D eigenvalue weighted by molar-refractivity contribution is 7.20. The maximum atomic E-state index is 11.7. The van der Waals surface area contributed by atoms with Crippen LogP contribution in [-0.4, -0.2) is 35.6 Å². The molecule has 0 radical (unpaired) electrons. The van der Waals surface area contributed by atoms with Crippen molar-refractivity contribution in [2.45, 2.75) is 39.7 Å². The number of rotatable bonds is 10. The monoisotopic (exact) mass is 432 g/mol. The van der Waals surface area contributed by atoms with Gasteiger partial charge in [0.2, 0.25) is 0 Å². The second kappa shape index (κ2) is 10.2. The number of carbonyl (C=O) groups excluding carboxylic acids is 2. The number of urea groups is 1. The van der Waals surface area contributed by atoms with Crippen LogP contribution in [0.25, 0.3) is 10.4 Å². The summed E-state index contributed by atoms with van der Waals surface area (Å²) < 4.78 is 0. The summed E-state index contributed by atoms with van der Waals surface area (Å²) in [4.78, 5) is 35.1. The number of anilines is 1. The van der Waals surface area contributed by atoms with Gasteiger partial charge in [-0.15, -0.1) is 11.3 Å². The van der Waals surface area contributed by atoms with E-state index in [1.54, 1.807) is 6.07 Å². The molecule has 162 valence electrons. The van der Waals surface area contributed by atoms with Crippen LogP contribution >= 0.6 is 11.3 Å². The summed E-state index contributed by atoms with van der Waals surface area (Å²) in [6, 6.07) is 6.18. The Balaban J connectivity index is 2.20. The molecule has 2 aromatic rings. The number of thiophene rings is 1. The highest BCUT2D eigenvalue weighted by Crippen LogP contribution is 2.36. The number of amides is 3. The average molecular weight is 433 g/mol. The van der Waals surface area contributed by atoms with E-state index in [2.05, 4.69) is 10.6 Å². The topological polar surface area (TPSA) is 148 Å². The van der Waals surface area contributed by atoms with Gasteiger partial charge in [-0.1, -0.05) is 32.0 Å². The molecule has 0 fully saturated rings. The first-order chi connectivity index (χ1) is 14.1. The number of hydrogen-bond donors (Lipinski definition) is 5. The Morgan fingerprint density at radius 3 is 2.43 bits per heavy atom. The van der Waals surface area contributed by atoms with Crippen molar-refractivity contribution in [3.05, 3.63) is 41.0 Å². The lowest BCUT2D eigenvalue weighted by molar-refractivity contribution is -0.139. The molecular weight excluding hydrogens is 404 g/mol. The number of nitrogens with two attached hydrogens (primary N) is 2. The zero-order valence-electron chi connectivity index (χ0n) is 17.3. The van der Waals surface area contributed by atoms with Gasteiger partial charge in [-0.3, -0.25) is 14.9 Å². The molecule has 0 bridgehead atoms.